The molecule has 0 spiro atoms. The van der Waals surface area contributed by atoms with E-state index in [1.54, 1.807) is 0 Å². The summed E-state index contributed by atoms with van der Waals surface area (Å²) in [7, 11) is 0. The lowest BCUT2D eigenvalue weighted by atomic mass is 10.2. The third-order valence-electron chi connectivity index (χ3n) is 0.888. The number of alkyl halides is 4. The maximum atomic E-state index is 10.9. The van der Waals surface area contributed by atoms with Gasteiger partial charge in [0, 0.05) is 11.8 Å². The molecule has 60 valence electrons. The minimum absolute atomic E-state index is 0.0699. The maximum absolute atomic E-state index is 10.9. The fourth-order valence-corrected chi connectivity index (χ4v) is 1.02. The van der Waals surface area contributed by atoms with E-state index in [0.29, 0.717) is 0 Å². The van der Waals surface area contributed by atoms with Gasteiger partial charge in [-0.25, -0.2) is 0 Å². The standard InChI is InChI=1S/C5H6Cl4O/c6-1-3(8)5(10)4(9)2-7/h3-4H,1-2H2. The molecule has 0 rings (SSSR count). The first-order valence-corrected chi connectivity index (χ1v) is 4.51. The molecule has 5 heteroatoms. The molecule has 2 unspecified atom stereocenters. The zero-order chi connectivity index (χ0) is 8.15. The number of Topliss-reactive ketones (excluding diaryl/α,β-unsaturated/α-hetero) is 1. The van der Waals surface area contributed by atoms with Gasteiger partial charge < -0.3 is 0 Å². The SMILES string of the molecule is O=C(C(Cl)CCl)C(Cl)CCl. The molecule has 0 heterocycles. The number of hydrogen-bond acceptors (Lipinski definition) is 1. The Balaban J connectivity index is 3.82. The Bertz CT molecular complexity index is 104. The van der Waals surface area contributed by atoms with Crippen molar-refractivity contribution in [3.05, 3.63) is 0 Å². The van der Waals surface area contributed by atoms with Crippen molar-refractivity contribution in [1.29, 1.82) is 0 Å². The topological polar surface area (TPSA) is 17.1 Å². The summed E-state index contributed by atoms with van der Waals surface area (Å²) >= 11 is 21.5. The molecule has 0 aliphatic rings. The second-order valence-corrected chi connectivity index (χ2v) is 3.32. The van der Waals surface area contributed by atoms with E-state index in [1.165, 1.54) is 0 Å². The largest absolute Gasteiger partial charge is 0.296 e. The molecule has 0 amide bonds. The van der Waals surface area contributed by atoms with Crippen molar-refractivity contribution in [2.45, 2.75) is 10.8 Å². The summed E-state index contributed by atoms with van der Waals surface area (Å²) in [6.45, 7) is 0. The van der Waals surface area contributed by atoms with Crippen LogP contribution >= 0.6 is 46.4 Å². The van der Waals surface area contributed by atoms with Crippen molar-refractivity contribution < 1.29 is 4.79 Å². The van der Waals surface area contributed by atoms with E-state index in [4.69, 9.17) is 46.4 Å². The van der Waals surface area contributed by atoms with Crippen molar-refractivity contribution >= 4 is 52.2 Å². The van der Waals surface area contributed by atoms with Crippen molar-refractivity contribution in [2.75, 3.05) is 11.8 Å². The van der Waals surface area contributed by atoms with Gasteiger partial charge in [0.25, 0.3) is 0 Å². The van der Waals surface area contributed by atoms with E-state index in [9.17, 15) is 4.79 Å². The zero-order valence-electron chi connectivity index (χ0n) is 4.99. The van der Waals surface area contributed by atoms with E-state index in [1.807, 2.05) is 0 Å². The molecule has 0 aliphatic heterocycles. The molecule has 0 N–H and O–H groups in total. The molecule has 0 aromatic carbocycles. The van der Waals surface area contributed by atoms with Gasteiger partial charge in [0.2, 0.25) is 0 Å². The average molecular weight is 224 g/mol. The van der Waals surface area contributed by atoms with Gasteiger partial charge in [0.1, 0.15) is 10.8 Å². The highest BCUT2D eigenvalue weighted by Gasteiger charge is 2.21. The van der Waals surface area contributed by atoms with Crippen molar-refractivity contribution in [3.63, 3.8) is 0 Å². The van der Waals surface area contributed by atoms with Crippen LogP contribution in [-0.2, 0) is 4.79 Å². The highest BCUT2D eigenvalue weighted by molar-refractivity contribution is 6.44. The molecule has 0 radical (unpaired) electrons. The van der Waals surface area contributed by atoms with Gasteiger partial charge >= 0.3 is 0 Å². The summed E-state index contributed by atoms with van der Waals surface area (Å²) in [5, 5.41) is -1.44. The minimum Gasteiger partial charge on any atom is -0.296 e. The fraction of sp³-hybridized carbons (Fsp3) is 0.800. The van der Waals surface area contributed by atoms with Crippen molar-refractivity contribution in [3.8, 4) is 0 Å². The van der Waals surface area contributed by atoms with E-state index < -0.39 is 10.8 Å². The van der Waals surface area contributed by atoms with Gasteiger partial charge in [-0.3, -0.25) is 4.79 Å². The summed E-state index contributed by atoms with van der Waals surface area (Å²) in [5.41, 5.74) is 0. The molecule has 0 aromatic rings. The predicted molar refractivity (Wildman–Crippen MR) is 45.7 cm³/mol. The quantitative estimate of drug-likeness (QED) is 0.669. The Morgan fingerprint density at radius 2 is 1.40 bits per heavy atom. The summed E-state index contributed by atoms with van der Waals surface area (Å²) in [5.74, 6) is -0.172. The van der Waals surface area contributed by atoms with E-state index in [0.717, 1.165) is 0 Å². The number of ketones is 1. The Kier molecular flexibility index (Phi) is 5.93. The second-order valence-electron chi connectivity index (χ2n) is 1.65. The average Bonchev–Trinajstić information content (AvgIpc) is 2.00. The van der Waals surface area contributed by atoms with Gasteiger partial charge in [-0.15, -0.1) is 46.4 Å². The van der Waals surface area contributed by atoms with E-state index in [-0.39, 0.29) is 17.5 Å². The van der Waals surface area contributed by atoms with Crippen LogP contribution in [-0.4, -0.2) is 28.3 Å². The summed E-state index contributed by atoms with van der Waals surface area (Å²) < 4.78 is 0. The molecule has 0 bridgehead atoms. The fourth-order valence-electron chi connectivity index (χ4n) is 0.348. The number of halogens is 4. The van der Waals surface area contributed by atoms with Gasteiger partial charge in [0.05, 0.1) is 0 Å². The van der Waals surface area contributed by atoms with Gasteiger partial charge in [-0.1, -0.05) is 0 Å². The number of carbonyl (C=O) groups excluding carboxylic acids is 1. The highest BCUT2D eigenvalue weighted by atomic mass is 35.5. The monoisotopic (exact) mass is 222 g/mol. The normalized spacial score (nSPS) is 16.4. The van der Waals surface area contributed by atoms with Crippen molar-refractivity contribution in [2.24, 2.45) is 0 Å². The highest BCUT2D eigenvalue weighted by Crippen LogP contribution is 2.09. The Labute approximate surface area is 79.6 Å². The van der Waals surface area contributed by atoms with E-state index >= 15 is 0 Å². The van der Waals surface area contributed by atoms with Crippen molar-refractivity contribution in [1.82, 2.24) is 0 Å². The molecular weight excluding hydrogens is 218 g/mol. The molecule has 0 saturated carbocycles. The summed E-state index contributed by atoms with van der Waals surface area (Å²) in [6.07, 6.45) is 0. The lowest BCUT2D eigenvalue weighted by molar-refractivity contribution is -0.117. The van der Waals surface area contributed by atoms with Crippen LogP contribution in [0.4, 0.5) is 0 Å². The van der Waals surface area contributed by atoms with Crippen LogP contribution < -0.4 is 0 Å². The van der Waals surface area contributed by atoms with Gasteiger partial charge in [0.15, 0.2) is 5.78 Å². The third-order valence-corrected chi connectivity index (χ3v) is 2.56. The lowest BCUT2D eigenvalue weighted by Gasteiger charge is -2.06. The molecule has 1 nitrogen and oxygen atoms in total. The predicted octanol–water partition coefficient (Wildman–Crippen LogP) is 2.25. The molecular formula is C5H6Cl4O. The molecule has 0 fully saturated rings. The molecule has 0 aliphatic carbocycles. The Morgan fingerprint density at radius 1 is 1.10 bits per heavy atom. The Hall–Kier alpha value is 0.830. The first kappa shape index (κ1) is 10.8. The molecule has 0 saturated heterocycles. The first-order chi connectivity index (χ1) is 4.63. The van der Waals surface area contributed by atoms with Crippen LogP contribution in [0.2, 0.25) is 0 Å². The zero-order valence-corrected chi connectivity index (χ0v) is 8.01. The number of carbonyl (C=O) groups is 1. The minimum atomic E-state index is -0.720. The second kappa shape index (κ2) is 5.48. The van der Waals surface area contributed by atoms with E-state index in [2.05, 4.69) is 0 Å². The van der Waals surface area contributed by atoms with Crippen LogP contribution in [0.3, 0.4) is 0 Å². The van der Waals surface area contributed by atoms with Crippen LogP contribution in [0, 0.1) is 0 Å². The van der Waals surface area contributed by atoms with Crippen LogP contribution in [0.15, 0.2) is 0 Å². The Morgan fingerprint density at radius 3 is 1.60 bits per heavy atom. The summed E-state index contributed by atoms with van der Waals surface area (Å²) in [6, 6.07) is 0. The third kappa shape index (κ3) is 3.29. The lowest BCUT2D eigenvalue weighted by Crippen LogP contribution is -2.26. The number of hydrogen-bond donors (Lipinski definition) is 0. The molecule has 0 aromatic heterocycles. The smallest absolute Gasteiger partial charge is 0.170 e. The van der Waals surface area contributed by atoms with Crippen LogP contribution in [0.1, 0.15) is 0 Å². The van der Waals surface area contributed by atoms with Gasteiger partial charge in [-0.05, 0) is 0 Å². The maximum Gasteiger partial charge on any atom is 0.170 e. The summed E-state index contributed by atoms with van der Waals surface area (Å²) in [4.78, 5) is 10.9. The first-order valence-electron chi connectivity index (χ1n) is 2.57. The van der Waals surface area contributed by atoms with Crippen LogP contribution in [0.25, 0.3) is 0 Å². The van der Waals surface area contributed by atoms with Crippen LogP contribution in [0.5, 0.6) is 0 Å². The number of rotatable bonds is 4. The van der Waals surface area contributed by atoms with Gasteiger partial charge in [-0.2, -0.15) is 0 Å². The molecule has 10 heavy (non-hydrogen) atoms. The molecule has 2 atom stereocenters.